The zero-order chi connectivity index (χ0) is 18.6. The summed E-state index contributed by atoms with van der Waals surface area (Å²) in [6.45, 7) is 0. The van der Waals surface area contributed by atoms with E-state index in [-0.39, 0.29) is 17.7 Å². The van der Waals surface area contributed by atoms with Crippen molar-refractivity contribution in [3.05, 3.63) is 42.0 Å². The Morgan fingerprint density at radius 3 is 2.70 bits per heavy atom. The van der Waals surface area contributed by atoms with Crippen LogP contribution < -0.4 is 5.73 Å². The number of nitrogens with two attached hydrogens (primary N) is 1. The molecule has 3 aromatic rings. The maximum absolute atomic E-state index is 13.7. The highest BCUT2D eigenvalue weighted by molar-refractivity contribution is 5.86. The topological polar surface area (TPSA) is 89.8 Å². The van der Waals surface area contributed by atoms with E-state index >= 15 is 0 Å². The molecule has 0 aliphatic heterocycles. The minimum Gasteiger partial charge on any atom is -0.386 e. The van der Waals surface area contributed by atoms with E-state index in [0.29, 0.717) is 28.4 Å². The largest absolute Gasteiger partial charge is 0.386 e. The number of fused-ring (bicyclic) bond motifs is 1. The van der Waals surface area contributed by atoms with Crippen LogP contribution in [0.2, 0.25) is 0 Å². The Kier molecular flexibility index (Phi) is 3.55. The summed E-state index contributed by atoms with van der Waals surface area (Å²) >= 11 is 0. The standard InChI is InChI=1S/C20H20FN5O/c21-13-4-1-3-12(11-13)18-25-16-17(22)23-15(7-10-20(27)8-2-9-20)24-19(16)26(18)14-5-6-14/h1,3-4,7,10-11,14,27H,2,5-6,8-9H2,(H2,22,23,24)/b10-7+. The molecule has 2 aromatic heterocycles. The Labute approximate surface area is 155 Å². The molecule has 2 heterocycles. The Morgan fingerprint density at radius 1 is 1.22 bits per heavy atom. The lowest BCUT2D eigenvalue weighted by molar-refractivity contribution is 0.0150. The molecule has 2 aliphatic carbocycles. The molecule has 1 aromatic carbocycles. The van der Waals surface area contributed by atoms with Crippen molar-refractivity contribution in [1.82, 2.24) is 19.5 Å². The monoisotopic (exact) mass is 365 g/mol. The van der Waals surface area contributed by atoms with E-state index < -0.39 is 5.60 Å². The first-order valence-corrected chi connectivity index (χ1v) is 9.25. The molecule has 0 atom stereocenters. The van der Waals surface area contributed by atoms with E-state index in [1.807, 2.05) is 10.6 Å². The van der Waals surface area contributed by atoms with Crippen molar-refractivity contribution < 1.29 is 9.50 Å². The van der Waals surface area contributed by atoms with Crippen molar-refractivity contribution in [2.45, 2.75) is 43.7 Å². The van der Waals surface area contributed by atoms with Crippen molar-refractivity contribution in [3.8, 4) is 11.4 Å². The molecule has 0 radical (unpaired) electrons. The molecule has 138 valence electrons. The van der Waals surface area contributed by atoms with Crippen molar-refractivity contribution in [3.63, 3.8) is 0 Å². The van der Waals surface area contributed by atoms with Crippen LogP contribution in [0.4, 0.5) is 10.2 Å². The fraction of sp³-hybridized carbons (Fsp3) is 0.350. The highest BCUT2D eigenvalue weighted by Gasteiger charge is 2.32. The zero-order valence-corrected chi connectivity index (χ0v) is 14.8. The molecule has 0 bridgehead atoms. The molecule has 2 aliphatic rings. The average Bonchev–Trinajstić information content (AvgIpc) is 3.38. The Balaban J connectivity index is 1.65. The van der Waals surface area contributed by atoms with Crippen LogP contribution in [0.25, 0.3) is 28.6 Å². The first-order chi connectivity index (χ1) is 13.0. The molecular weight excluding hydrogens is 345 g/mol. The zero-order valence-electron chi connectivity index (χ0n) is 14.8. The number of hydrogen-bond donors (Lipinski definition) is 2. The van der Waals surface area contributed by atoms with Gasteiger partial charge in [-0.3, -0.25) is 0 Å². The van der Waals surface area contributed by atoms with Gasteiger partial charge < -0.3 is 15.4 Å². The summed E-state index contributed by atoms with van der Waals surface area (Å²) in [6, 6.07) is 6.67. The third kappa shape index (κ3) is 2.88. The summed E-state index contributed by atoms with van der Waals surface area (Å²) < 4.78 is 15.8. The highest BCUT2D eigenvalue weighted by Crippen LogP contribution is 2.41. The summed E-state index contributed by atoms with van der Waals surface area (Å²) in [4.78, 5) is 13.6. The van der Waals surface area contributed by atoms with Gasteiger partial charge in [0, 0.05) is 11.6 Å². The highest BCUT2D eigenvalue weighted by atomic mass is 19.1. The summed E-state index contributed by atoms with van der Waals surface area (Å²) in [7, 11) is 0. The molecule has 3 N–H and O–H groups in total. The van der Waals surface area contributed by atoms with E-state index in [0.717, 1.165) is 32.1 Å². The number of nitrogens with zero attached hydrogens (tertiary/aromatic N) is 4. The van der Waals surface area contributed by atoms with Crippen LogP contribution in [-0.2, 0) is 0 Å². The number of benzene rings is 1. The fourth-order valence-electron chi connectivity index (χ4n) is 3.53. The third-order valence-corrected chi connectivity index (χ3v) is 5.34. The Hall–Kier alpha value is -2.80. The smallest absolute Gasteiger partial charge is 0.166 e. The van der Waals surface area contributed by atoms with Crippen LogP contribution in [0, 0.1) is 5.82 Å². The van der Waals surface area contributed by atoms with Crippen LogP contribution >= 0.6 is 0 Å². The third-order valence-electron chi connectivity index (χ3n) is 5.34. The van der Waals surface area contributed by atoms with Crippen LogP contribution in [0.5, 0.6) is 0 Å². The van der Waals surface area contributed by atoms with Crippen molar-refractivity contribution in [1.29, 1.82) is 0 Å². The normalized spacial score (nSPS) is 18.9. The van der Waals surface area contributed by atoms with Gasteiger partial charge in [0.05, 0.1) is 5.60 Å². The van der Waals surface area contributed by atoms with E-state index in [1.54, 1.807) is 18.2 Å². The van der Waals surface area contributed by atoms with Gasteiger partial charge in [0.15, 0.2) is 22.8 Å². The quantitative estimate of drug-likeness (QED) is 0.739. The van der Waals surface area contributed by atoms with Crippen molar-refractivity contribution in [2.75, 3.05) is 5.73 Å². The lowest BCUT2D eigenvalue weighted by Crippen LogP contribution is -2.33. The molecule has 2 saturated carbocycles. The lowest BCUT2D eigenvalue weighted by Gasteiger charge is -2.33. The molecule has 0 unspecified atom stereocenters. The predicted molar refractivity (Wildman–Crippen MR) is 101 cm³/mol. The van der Waals surface area contributed by atoms with Crippen LogP contribution in [-0.4, -0.2) is 30.2 Å². The number of hydrogen-bond acceptors (Lipinski definition) is 5. The second kappa shape index (κ2) is 5.85. The summed E-state index contributed by atoms with van der Waals surface area (Å²) in [5.41, 5.74) is 7.28. The number of nitrogen functional groups attached to an aromatic ring is 1. The molecule has 2 fully saturated rings. The van der Waals surface area contributed by atoms with Gasteiger partial charge in [0.25, 0.3) is 0 Å². The second-order valence-corrected chi connectivity index (χ2v) is 7.48. The molecule has 5 rings (SSSR count). The van der Waals surface area contributed by atoms with Crippen LogP contribution in [0.15, 0.2) is 30.3 Å². The summed E-state index contributed by atoms with van der Waals surface area (Å²) in [5.74, 6) is 1.09. The van der Waals surface area contributed by atoms with Gasteiger partial charge in [-0.1, -0.05) is 12.1 Å². The van der Waals surface area contributed by atoms with Gasteiger partial charge in [-0.2, -0.15) is 0 Å². The number of aliphatic hydroxyl groups is 1. The second-order valence-electron chi connectivity index (χ2n) is 7.48. The molecule has 6 nitrogen and oxygen atoms in total. The van der Waals surface area contributed by atoms with E-state index in [9.17, 15) is 9.50 Å². The molecular formula is C20H20FN5O. The maximum atomic E-state index is 13.7. The summed E-state index contributed by atoms with van der Waals surface area (Å²) in [6.07, 6.45) is 8.07. The molecule has 27 heavy (non-hydrogen) atoms. The average molecular weight is 365 g/mol. The van der Waals surface area contributed by atoms with Gasteiger partial charge in [-0.25, -0.2) is 19.3 Å². The van der Waals surface area contributed by atoms with Crippen molar-refractivity contribution in [2.24, 2.45) is 0 Å². The minimum atomic E-state index is -0.753. The Morgan fingerprint density at radius 2 is 2.04 bits per heavy atom. The molecule has 0 spiro atoms. The van der Waals surface area contributed by atoms with Gasteiger partial charge in [0.2, 0.25) is 0 Å². The van der Waals surface area contributed by atoms with Gasteiger partial charge in [0.1, 0.15) is 11.6 Å². The maximum Gasteiger partial charge on any atom is 0.166 e. The minimum absolute atomic E-state index is 0.287. The first kappa shape index (κ1) is 16.4. The fourth-order valence-corrected chi connectivity index (χ4v) is 3.53. The molecule has 0 amide bonds. The number of rotatable bonds is 4. The van der Waals surface area contributed by atoms with Crippen LogP contribution in [0.1, 0.15) is 44.0 Å². The molecule has 0 saturated heterocycles. The number of halogens is 1. The number of imidazole rings is 1. The predicted octanol–water partition coefficient (Wildman–Crippen LogP) is 3.48. The SMILES string of the molecule is Nc1nc(/C=C/C2(O)CCC2)nc2c1nc(-c1cccc(F)c1)n2C1CC1. The van der Waals surface area contributed by atoms with E-state index in [2.05, 4.69) is 15.0 Å². The van der Waals surface area contributed by atoms with Crippen molar-refractivity contribution >= 4 is 23.1 Å². The number of anilines is 1. The Bertz CT molecular complexity index is 1070. The van der Waals surface area contributed by atoms with E-state index in [4.69, 9.17) is 5.73 Å². The molecule has 7 heteroatoms. The van der Waals surface area contributed by atoms with E-state index in [1.165, 1.54) is 12.1 Å². The van der Waals surface area contributed by atoms with Gasteiger partial charge in [-0.05, 0) is 56.4 Å². The van der Waals surface area contributed by atoms with Gasteiger partial charge in [-0.15, -0.1) is 0 Å². The first-order valence-electron chi connectivity index (χ1n) is 9.25. The van der Waals surface area contributed by atoms with Crippen LogP contribution in [0.3, 0.4) is 0 Å². The van der Waals surface area contributed by atoms with Gasteiger partial charge >= 0.3 is 0 Å². The number of aromatic nitrogens is 4. The lowest BCUT2D eigenvalue weighted by atomic mass is 9.80. The summed E-state index contributed by atoms with van der Waals surface area (Å²) in [5, 5.41) is 10.3.